The zero-order valence-electron chi connectivity index (χ0n) is 10.3. The van der Waals surface area contributed by atoms with Crippen LogP contribution in [0.25, 0.3) is 10.9 Å². The van der Waals surface area contributed by atoms with E-state index >= 15 is 0 Å². The first-order valence-electron chi connectivity index (χ1n) is 5.74. The fourth-order valence-corrected chi connectivity index (χ4v) is 2.40. The van der Waals surface area contributed by atoms with Crippen LogP contribution in [0.4, 0.5) is 4.39 Å². The molecule has 0 saturated heterocycles. The second-order valence-corrected chi connectivity index (χ2v) is 4.22. The number of nitrogens with zero attached hydrogens (tertiary/aromatic N) is 1. The van der Waals surface area contributed by atoms with Gasteiger partial charge in [0.15, 0.2) is 0 Å². The van der Waals surface area contributed by atoms with Gasteiger partial charge in [0.05, 0.1) is 0 Å². The summed E-state index contributed by atoms with van der Waals surface area (Å²) in [5.74, 6) is -1.51. The van der Waals surface area contributed by atoms with Gasteiger partial charge in [0.1, 0.15) is 11.9 Å². The van der Waals surface area contributed by atoms with Crippen LogP contribution >= 0.6 is 0 Å². The highest BCUT2D eigenvalue weighted by molar-refractivity contribution is 5.91. The van der Waals surface area contributed by atoms with Gasteiger partial charge in [0.2, 0.25) is 0 Å². The third-order valence-electron chi connectivity index (χ3n) is 3.23. The smallest absolute Gasteiger partial charge is 0.325 e. The van der Waals surface area contributed by atoms with Crippen LogP contribution in [0.15, 0.2) is 18.2 Å². The Morgan fingerprint density at radius 1 is 1.56 bits per heavy atom. The van der Waals surface area contributed by atoms with Crippen LogP contribution in [0.5, 0.6) is 0 Å². The molecule has 18 heavy (non-hydrogen) atoms. The first-order chi connectivity index (χ1) is 8.47. The van der Waals surface area contributed by atoms with Crippen LogP contribution < -0.4 is 5.73 Å². The third-order valence-corrected chi connectivity index (χ3v) is 3.23. The number of hydrogen-bond acceptors (Lipinski definition) is 2. The number of carbonyl (C=O) groups is 1. The van der Waals surface area contributed by atoms with Crippen molar-refractivity contribution in [1.29, 1.82) is 0 Å². The minimum absolute atomic E-state index is 0.394. The first kappa shape index (κ1) is 12.6. The molecule has 2 rings (SSSR count). The molecule has 1 aromatic heterocycles. The van der Waals surface area contributed by atoms with E-state index in [-0.39, 0.29) is 0 Å². The summed E-state index contributed by atoms with van der Waals surface area (Å²) in [5, 5.41) is 9.62. The van der Waals surface area contributed by atoms with E-state index in [0.717, 1.165) is 11.2 Å². The van der Waals surface area contributed by atoms with Crippen LogP contribution in [0.3, 0.4) is 0 Å². The molecule has 1 aromatic carbocycles. The summed E-state index contributed by atoms with van der Waals surface area (Å²) in [7, 11) is 0. The van der Waals surface area contributed by atoms with Crippen molar-refractivity contribution in [3.05, 3.63) is 35.3 Å². The fraction of sp³-hybridized carbons (Fsp3) is 0.308. The van der Waals surface area contributed by atoms with Gasteiger partial charge in [-0.2, -0.15) is 0 Å². The Hall–Kier alpha value is -1.88. The number of hydrogen-bond donors (Lipinski definition) is 2. The van der Waals surface area contributed by atoms with Crippen LogP contribution in [0.2, 0.25) is 0 Å². The zero-order valence-corrected chi connectivity index (χ0v) is 10.3. The monoisotopic (exact) mass is 250 g/mol. The summed E-state index contributed by atoms with van der Waals surface area (Å²) < 4.78 is 15.3. The number of aromatic nitrogens is 1. The Morgan fingerprint density at radius 2 is 2.22 bits per heavy atom. The zero-order chi connectivity index (χ0) is 13.4. The molecule has 1 atom stereocenters. The van der Waals surface area contributed by atoms with E-state index in [4.69, 9.17) is 10.8 Å². The maximum Gasteiger partial charge on any atom is 0.325 e. The molecular weight excluding hydrogens is 235 g/mol. The molecule has 3 N–H and O–H groups in total. The van der Waals surface area contributed by atoms with E-state index in [1.165, 1.54) is 12.1 Å². The average molecular weight is 250 g/mol. The van der Waals surface area contributed by atoms with Crippen molar-refractivity contribution >= 4 is 16.9 Å². The average Bonchev–Trinajstić information content (AvgIpc) is 2.59. The van der Waals surface area contributed by atoms with E-state index in [9.17, 15) is 9.18 Å². The van der Waals surface area contributed by atoms with Gasteiger partial charge >= 0.3 is 5.97 Å². The van der Waals surface area contributed by atoms with E-state index in [0.29, 0.717) is 17.5 Å². The number of halogens is 1. The third kappa shape index (κ3) is 1.76. The number of benzene rings is 1. The molecule has 5 heteroatoms. The van der Waals surface area contributed by atoms with Crippen molar-refractivity contribution in [3.63, 3.8) is 0 Å². The van der Waals surface area contributed by atoms with Gasteiger partial charge in [-0.15, -0.1) is 0 Å². The van der Waals surface area contributed by atoms with Crippen LogP contribution in [0, 0.1) is 12.7 Å². The second kappa shape index (κ2) is 4.42. The molecule has 4 nitrogen and oxygen atoms in total. The standard InChI is InChI=1S/C13H15FN2O2/c1-3-16-7(2)11(12(15)13(17)18)9-6-8(14)4-5-10(9)16/h4-6,12H,3,15H2,1-2H3,(H,17,18). The molecule has 1 heterocycles. The molecule has 0 aliphatic rings. The van der Waals surface area contributed by atoms with E-state index in [2.05, 4.69) is 0 Å². The largest absolute Gasteiger partial charge is 0.480 e. The number of carboxylic acid groups (broad SMARTS) is 1. The number of aliphatic carboxylic acids is 1. The van der Waals surface area contributed by atoms with Gasteiger partial charge in [-0.1, -0.05) is 0 Å². The molecule has 0 fully saturated rings. The number of nitrogens with two attached hydrogens (primary N) is 1. The van der Waals surface area contributed by atoms with Crippen molar-refractivity contribution in [2.75, 3.05) is 0 Å². The number of rotatable bonds is 3. The Labute approximate surface area is 104 Å². The Balaban J connectivity index is 2.82. The van der Waals surface area contributed by atoms with Crippen LogP contribution in [-0.2, 0) is 11.3 Å². The molecule has 0 aliphatic heterocycles. The highest BCUT2D eigenvalue weighted by Gasteiger charge is 2.23. The molecule has 2 aromatic rings. The topological polar surface area (TPSA) is 68.2 Å². The Bertz CT molecular complexity index is 619. The van der Waals surface area contributed by atoms with Gasteiger partial charge < -0.3 is 15.4 Å². The summed E-state index contributed by atoms with van der Waals surface area (Å²) in [4.78, 5) is 11.1. The van der Waals surface area contributed by atoms with Crippen molar-refractivity contribution < 1.29 is 14.3 Å². The molecule has 0 bridgehead atoms. The number of aryl methyl sites for hydroxylation is 1. The van der Waals surface area contributed by atoms with Crippen molar-refractivity contribution in [2.24, 2.45) is 5.73 Å². The van der Waals surface area contributed by atoms with Crippen LogP contribution in [-0.4, -0.2) is 15.6 Å². The Kier molecular flexibility index (Phi) is 3.09. The van der Waals surface area contributed by atoms with Crippen LogP contribution in [0.1, 0.15) is 24.2 Å². The predicted molar refractivity (Wildman–Crippen MR) is 66.9 cm³/mol. The summed E-state index contributed by atoms with van der Waals surface area (Å²) in [6, 6.07) is 3.22. The quantitative estimate of drug-likeness (QED) is 0.877. The summed E-state index contributed by atoms with van der Waals surface area (Å²) in [6.07, 6.45) is 0. The van der Waals surface area contributed by atoms with Gasteiger partial charge in [-0.3, -0.25) is 4.79 Å². The lowest BCUT2D eigenvalue weighted by molar-refractivity contribution is -0.138. The predicted octanol–water partition coefficient (Wildman–Crippen LogP) is 2.19. The van der Waals surface area contributed by atoms with Crippen molar-refractivity contribution in [2.45, 2.75) is 26.4 Å². The molecule has 96 valence electrons. The maximum absolute atomic E-state index is 13.3. The number of fused-ring (bicyclic) bond motifs is 1. The molecule has 1 unspecified atom stereocenters. The second-order valence-electron chi connectivity index (χ2n) is 4.22. The molecule has 0 radical (unpaired) electrons. The van der Waals surface area contributed by atoms with Gasteiger partial charge in [0, 0.05) is 28.7 Å². The molecule has 0 spiro atoms. The van der Waals surface area contributed by atoms with Crippen molar-refractivity contribution in [3.8, 4) is 0 Å². The van der Waals surface area contributed by atoms with Crippen molar-refractivity contribution in [1.82, 2.24) is 4.57 Å². The van der Waals surface area contributed by atoms with E-state index in [1.54, 1.807) is 13.0 Å². The lowest BCUT2D eigenvalue weighted by Crippen LogP contribution is -2.21. The first-order valence-corrected chi connectivity index (χ1v) is 5.74. The van der Waals surface area contributed by atoms with Gasteiger partial charge in [-0.25, -0.2) is 4.39 Å². The SMILES string of the molecule is CCn1c(C)c(C(N)C(=O)O)c2cc(F)ccc21. The lowest BCUT2D eigenvalue weighted by Gasteiger charge is -2.08. The summed E-state index contributed by atoms with van der Waals surface area (Å²) in [6.45, 7) is 4.44. The fourth-order valence-electron chi connectivity index (χ4n) is 2.40. The lowest BCUT2D eigenvalue weighted by atomic mass is 10.0. The summed E-state index contributed by atoms with van der Waals surface area (Å²) >= 11 is 0. The van der Waals surface area contributed by atoms with Gasteiger partial charge in [-0.05, 0) is 32.0 Å². The summed E-state index contributed by atoms with van der Waals surface area (Å²) in [5.41, 5.74) is 7.75. The Morgan fingerprint density at radius 3 is 2.78 bits per heavy atom. The molecule has 0 aliphatic carbocycles. The highest BCUT2D eigenvalue weighted by atomic mass is 19.1. The van der Waals surface area contributed by atoms with Gasteiger partial charge in [0.25, 0.3) is 0 Å². The van der Waals surface area contributed by atoms with E-state index < -0.39 is 17.8 Å². The highest BCUT2D eigenvalue weighted by Crippen LogP contribution is 2.30. The molecule has 0 saturated carbocycles. The number of carboxylic acids is 1. The minimum Gasteiger partial charge on any atom is -0.480 e. The minimum atomic E-state index is -1.14. The normalized spacial score (nSPS) is 12.9. The molecular formula is C13H15FN2O2. The van der Waals surface area contributed by atoms with E-state index in [1.807, 2.05) is 11.5 Å². The molecule has 0 amide bonds. The maximum atomic E-state index is 13.3.